The van der Waals surface area contributed by atoms with Crippen LogP contribution in [-0.2, 0) is 9.47 Å². The van der Waals surface area contributed by atoms with Crippen molar-refractivity contribution in [2.24, 2.45) is 0 Å². The number of thiophene rings is 1. The highest BCUT2D eigenvalue weighted by Gasteiger charge is 2.40. The van der Waals surface area contributed by atoms with E-state index >= 15 is 0 Å². The summed E-state index contributed by atoms with van der Waals surface area (Å²) in [4.78, 5) is 27.0. The average molecular weight is 335 g/mol. The van der Waals surface area contributed by atoms with Crippen molar-refractivity contribution in [3.05, 3.63) is 28.0 Å². The first kappa shape index (κ1) is 16.2. The number of fused-ring (bicyclic) bond motifs is 2. The van der Waals surface area contributed by atoms with Gasteiger partial charge in [-0.25, -0.2) is 4.79 Å². The Labute approximate surface area is 139 Å². The highest BCUT2D eigenvalue weighted by atomic mass is 32.1. The third-order valence-corrected chi connectivity index (χ3v) is 4.95. The van der Waals surface area contributed by atoms with E-state index < -0.39 is 5.60 Å². The van der Waals surface area contributed by atoms with Crippen LogP contribution in [0.15, 0.2) is 18.2 Å². The Morgan fingerprint density at radius 2 is 2.17 bits per heavy atom. The van der Waals surface area contributed by atoms with E-state index in [9.17, 15) is 9.59 Å². The zero-order valence-corrected chi connectivity index (χ0v) is 14.4. The standard InChI is InChI=1S/C17H21NO4S/c1-17(2,3)22-16(20)18-12-6-11(7-13(18)10-21-9-12)15-5-4-14(8-19)23-15/h4-6,8,12-13H,7,9-10H2,1-3H3. The molecule has 2 bridgehead atoms. The molecule has 0 radical (unpaired) electrons. The second-order valence-electron chi connectivity index (χ2n) is 6.86. The lowest BCUT2D eigenvalue weighted by molar-refractivity contribution is -0.0510. The molecule has 0 saturated carbocycles. The molecule has 0 aliphatic carbocycles. The van der Waals surface area contributed by atoms with Gasteiger partial charge in [0, 0.05) is 4.88 Å². The van der Waals surface area contributed by atoms with E-state index in [0.29, 0.717) is 19.6 Å². The number of ether oxygens (including phenoxy) is 2. The van der Waals surface area contributed by atoms with Crippen LogP contribution in [0.4, 0.5) is 4.79 Å². The minimum Gasteiger partial charge on any atom is -0.444 e. The molecule has 2 atom stereocenters. The lowest BCUT2D eigenvalue weighted by atomic mass is 9.93. The molecule has 3 heterocycles. The van der Waals surface area contributed by atoms with Gasteiger partial charge in [-0.15, -0.1) is 11.3 Å². The van der Waals surface area contributed by atoms with Gasteiger partial charge < -0.3 is 9.47 Å². The molecule has 6 heteroatoms. The van der Waals surface area contributed by atoms with Gasteiger partial charge in [0.25, 0.3) is 0 Å². The van der Waals surface area contributed by atoms with Crippen LogP contribution < -0.4 is 0 Å². The molecule has 1 amide bonds. The molecule has 1 aromatic heterocycles. The molecule has 2 unspecified atom stereocenters. The zero-order valence-electron chi connectivity index (χ0n) is 13.6. The van der Waals surface area contributed by atoms with Gasteiger partial charge in [0.1, 0.15) is 5.60 Å². The van der Waals surface area contributed by atoms with E-state index in [4.69, 9.17) is 9.47 Å². The van der Waals surface area contributed by atoms with Crippen LogP contribution in [0.25, 0.3) is 5.57 Å². The van der Waals surface area contributed by atoms with Crippen LogP contribution in [-0.4, -0.2) is 48.2 Å². The summed E-state index contributed by atoms with van der Waals surface area (Å²) in [5.41, 5.74) is 0.671. The van der Waals surface area contributed by atoms with Crippen LogP contribution in [0.1, 0.15) is 41.7 Å². The Morgan fingerprint density at radius 3 is 2.78 bits per heavy atom. The van der Waals surface area contributed by atoms with E-state index in [1.807, 2.05) is 32.9 Å². The summed E-state index contributed by atoms with van der Waals surface area (Å²) in [7, 11) is 0. The first-order chi connectivity index (χ1) is 10.9. The number of hydrogen-bond acceptors (Lipinski definition) is 5. The minimum absolute atomic E-state index is 0.0228. The van der Waals surface area contributed by atoms with Gasteiger partial charge in [-0.05, 0) is 44.9 Å². The molecular formula is C17H21NO4S. The molecule has 23 heavy (non-hydrogen) atoms. The first-order valence-electron chi connectivity index (χ1n) is 7.72. The van der Waals surface area contributed by atoms with E-state index in [0.717, 1.165) is 16.0 Å². The maximum atomic E-state index is 12.5. The van der Waals surface area contributed by atoms with E-state index in [1.54, 1.807) is 4.90 Å². The number of hydrogen-bond donors (Lipinski definition) is 0. The maximum Gasteiger partial charge on any atom is 0.411 e. The predicted octanol–water partition coefficient (Wildman–Crippen LogP) is 3.35. The molecule has 2 aliphatic heterocycles. The lowest BCUT2D eigenvalue weighted by Gasteiger charge is -2.44. The summed E-state index contributed by atoms with van der Waals surface area (Å²) in [5, 5.41) is 0. The molecule has 3 rings (SSSR count). The summed E-state index contributed by atoms with van der Waals surface area (Å²) < 4.78 is 11.1. The van der Waals surface area contributed by atoms with Crippen LogP contribution in [0.3, 0.4) is 0 Å². The molecule has 1 saturated heterocycles. The van der Waals surface area contributed by atoms with E-state index in [1.165, 1.54) is 16.9 Å². The zero-order chi connectivity index (χ0) is 16.6. The number of aldehydes is 1. The van der Waals surface area contributed by atoms with Gasteiger partial charge in [0.05, 0.1) is 30.2 Å². The average Bonchev–Trinajstić information content (AvgIpc) is 2.92. The molecule has 124 valence electrons. The second kappa shape index (κ2) is 6.09. The Balaban J connectivity index is 1.84. The van der Waals surface area contributed by atoms with Crippen LogP contribution in [0, 0.1) is 0 Å². The highest BCUT2D eigenvalue weighted by Crippen LogP contribution is 2.35. The van der Waals surface area contributed by atoms with Gasteiger partial charge in [0.2, 0.25) is 0 Å². The summed E-state index contributed by atoms with van der Waals surface area (Å²) >= 11 is 1.49. The van der Waals surface area contributed by atoms with Gasteiger partial charge >= 0.3 is 6.09 Å². The number of amides is 1. The molecule has 2 aliphatic rings. The third-order valence-electron chi connectivity index (χ3n) is 3.86. The van der Waals surface area contributed by atoms with Gasteiger partial charge in [-0.1, -0.05) is 6.08 Å². The van der Waals surface area contributed by atoms with Crippen molar-refractivity contribution in [2.75, 3.05) is 13.2 Å². The van der Waals surface area contributed by atoms with Crippen molar-refractivity contribution in [2.45, 2.75) is 44.9 Å². The quantitative estimate of drug-likeness (QED) is 0.778. The van der Waals surface area contributed by atoms with Crippen molar-refractivity contribution in [3.63, 3.8) is 0 Å². The normalized spacial score (nSPS) is 24.1. The molecule has 1 fully saturated rings. The Bertz CT molecular complexity index is 643. The first-order valence-corrected chi connectivity index (χ1v) is 8.54. The molecule has 0 spiro atoms. The fourth-order valence-corrected chi connectivity index (χ4v) is 3.82. The van der Waals surface area contributed by atoms with Crippen molar-refractivity contribution >= 4 is 29.3 Å². The van der Waals surface area contributed by atoms with Crippen molar-refractivity contribution in [1.29, 1.82) is 0 Å². The van der Waals surface area contributed by atoms with Gasteiger partial charge in [-0.3, -0.25) is 9.69 Å². The van der Waals surface area contributed by atoms with Crippen LogP contribution in [0.2, 0.25) is 0 Å². The SMILES string of the molecule is CC(C)(C)OC(=O)N1C2C=C(c3ccc(C=O)s3)CC1COC2. The molecule has 0 aromatic carbocycles. The van der Waals surface area contributed by atoms with Crippen molar-refractivity contribution in [1.82, 2.24) is 4.90 Å². The molecule has 1 aromatic rings. The fraction of sp³-hybridized carbons (Fsp3) is 0.529. The summed E-state index contributed by atoms with van der Waals surface area (Å²) in [5.74, 6) is 0. The Kier molecular flexibility index (Phi) is 4.29. The Hall–Kier alpha value is -1.66. The monoisotopic (exact) mass is 335 g/mol. The van der Waals surface area contributed by atoms with Crippen LogP contribution in [0.5, 0.6) is 0 Å². The second-order valence-corrected chi connectivity index (χ2v) is 7.98. The van der Waals surface area contributed by atoms with Crippen molar-refractivity contribution < 1.29 is 19.1 Å². The fourth-order valence-electron chi connectivity index (χ4n) is 2.97. The van der Waals surface area contributed by atoms with Crippen LogP contribution >= 0.6 is 11.3 Å². The number of carbonyl (C=O) groups excluding carboxylic acids is 2. The van der Waals surface area contributed by atoms with Gasteiger partial charge in [-0.2, -0.15) is 0 Å². The van der Waals surface area contributed by atoms with E-state index in [-0.39, 0.29) is 18.2 Å². The number of rotatable bonds is 2. The van der Waals surface area contributed by atoms with Crippen molar-refractivity contribution in [3.8, 4) is 0 Å². The minimum atomic E-state index is -0.511. The number of carbonyl (C=O) groups is 2. The largest absolute Gasteiger partial charge is 0.444 e. The van der Waals surface area contributed by atoms with E-state index in [2.05, 4.69) is 6.08 Å². The van der Waals surface area contributed by atoms with Gasteiger partial charge in [0.15, 0.2) is 6.29 Å². The molecule has 5 nitrogen and oxygen atoms in total. The predicted molar refractivity (Wildman–Crippen MR) is 88.8 cm³/mol. The lowest BCUT2D eigenvalue weighted by Crippen LogP contribution is -2.57. The smallest absolute Gasteiger partial charge is 0.411 e. The number of nitrogens with zero attached hydrogens (tertiary/aromatic N) is 1. The maximum absolute atomic E-state index is 12.5. The third kappa shape index (κ3) is 3.48. The summed E-state index contributed by atoms with van der Waals surface area (Å²) in [6.45, 7) is 6.60. The Morgan fingerprint density at radius 1 is 1.39 bits per heavy atom. The highest BCUT2D eigenvalue weighted by molar-refractivity contribution is 7.14. The summed E-state index contributed by atoms with van der Waals surface area (Å²) in [6, 6.07) is 3.67. The topological polar surface area (TPSA) is 55.8 Å². The molecule has 0 N–H and O–H groups in total. The summed E-state index contributed by atoms with van der Waals surface area (Å²) in [6.07, 6.45) is 3.37. The number of morpholine rings is 1. The molecular weight excluding hydrogens is 314 g/mol.